The molecule has 4 rings (SSSR count). The summed E-state index contributed by atoms with van der Waals surface area (Å²) in [6.07, 6.45) is 4.84. The molecule has 1 aliphatic heterocycles. The minimum atomic E-state index is -0.182. The summed E-state index contributed by atoms with van der Waals surface area (Å²) in [5.74, 6) is -0.181. The summed E-state index contributed by atoms with van der Waals surface area (Å²) in [4.78, 5) is 34.7. The maximum absolute atomic E-state index is 13.4. The van der Waals surface area contributed by atoms with Crippen molar-refractivity contribution >= 4 is 40.2 Å². The van der Waals surface area contributed by atoms with Crippen molar-refractivity contribution in [2.45, 2.75) is 26.2 Å². The zero-order valence-corrected chi connectivity index (χ0v) is 18.0. The first-order chi connectivity index (χ1) is 14.1. The van der Waals surface area contributed by atoms with Crippen molar-refractivity contribution in [3.05, 3.63) is 57.7 Å². The second kappa shape index (κ2) is 8.88. The van der Waals surface area contributed by atoms with E-state index in [4.69, 9.17) is 0 Å². The Hall–Kier alpha value is -2.51. The molecule has 2 amide bonds. The fraction of sp³-hybridized carbons (Fsp3) is 0.318. The summed E-state index contributed by atoms with van der Waals surface area (Å²) in [7, 11) is 0. The van der Waals surface area contributed by atoms with Crippen molar-refractivity contribution in [2.24, 2.45) is 0 Å². The van der Waals surface area contributed by atoms with Crippen molar-refractivity contribution in [1.82, 2.24) is 9.88 Å². The van der Waals surface area contributed by atoms with Gasteiger partial charge in [0.05, 0.1) is 6.20 Å². The van der Waals surface area contributed by atoms with Crippen LogP contribution in [-0.2, 0) is 4.79 Å². The summed E-state index contributed by atoms with van der Waals surface area (Å²) in [5, 5.41) is 4.83. The largest absolute Gasteiger partial charge is 0.341 e. The smallest absolute Gasteiger partial charge is 0.270 e. The second-order valence-electron chi connectivity index (χ2n) is 7.21. The van der Waals surface area contributed by atoms with Crippen LogP contribution in [0.2, 0.25) is 0 Å². The molecule has 0 aliphatic carbocycles. The first kappa shape index (κ1) is 19.8. The van der Waals surface area contributed by atoms with Crippen LogP contribution in [-0.4, -0.2) is 41.3 Å². The van der Waals surface area contributed by atoms with E-state index in [1.165, 1.54) is 11.3 Å². The molecular formula is C22H23N3O2S2. The van der Waals surface area contributed by atoms with Gasteiger partial charge in [-0.2, -0.15) is 11.3 Å². The summed E-state index contributed by atoms with van der Waals surface area (Å²) in [5.41, 5.74) is 2.86. The van der Waals surface area contributed by atoms with Crippen LogP contribution in [0.15, 0.2) is 47.3 Å². The van der Waals surface area contributed by atoms with Crippen molar-refractivity contribution in [3.8, 4) is 10.6 Å². The Morgan fingerprint density at radius 1 is 1.10 bits per heavy atom. The monoisotopic (exact) mass is 425 g/mol. The molecular weight excluding hydrogens is 402 g/mol. The van der Waals surface area contributed by atoms with Gasteiger partial charge >= 0.3 is 0 Å². The molecule has 1 saturated heterocycles. The van der Waals surface area contributed by atoms with Gasteiger partial charge in [0, 0.05) is 29.7 Å². The Labute approximate surface area is 178 Å². The molecule has 0 spiro atoms. The Balaban J connectivity index is 1.59. The Morgan fingerprint density at radius 2 is 1.86 bits per heavy atom. The minimum absolute atomic E-state index is 0.00111. The molecule has 0 bridgehead atoms. The highest BCUT2D eigenvalue weighted by atomic mass is 32.1. The summed E-state index contributed by atoms with van der Waals surface area (Å²) in [6.45, 7) is 3.61. The number of amides is 2. The fourth-order valence-electron chi connectivity index (χ4n) is 3.41. The highest BCUT2D eigenvalue weighted by Gasteiger charge is 2.26. The van der Waals surface area contributed by atoms with Crippen LogP contribution in [0.4, 0.5) is 5.69 Å². The van der Waals surface area contributed by atoms with Crippen LogP contribution < -0.4 is 4.90 Å². The standard InChI is InChI=1S/C22H23N3O2S2/c1-16-5-7-18(8-6-16)25(14-20(26)24-10-3-2-4-11-24)22(27)19-13-23-21(29-19)17-9-12-28-15-17/h5-9,12-13,15H,2-4,10-11,14H2,1H3. The van der Waals surface area contributed by atoms with Gasteiger partial charge in [0.25, 0.3) is 5.91 Å². The van der Waals surface area contributed by atoms with E-state index in [0.29, 0.717) is 4.88 Å². The molecule has 29 heavy (non-hydrogen) atoms. The number of piperidine rings is 1. The third-order valence-electron chi connectivity index (χ3n) is 5.08. The van der Waals surface area contributed by atoms with Crippen LogP contribution >= 0.6 is 22.7 Å². The number of aryl methyl sites for hydroxylation is 1. The van der Waals surface area contributed by atoms with Crippen molar-refractivity contribution < 1.29 is 9.59 Å². The minimum Gasteiger partial charge on any atom is -0.341 e. The van der Waals surface area contributed by atoms with Gasteiger partial charge in [0.1, 0.15) is 16.4 Å². The summed E-state index contributed by atoms with van der Waals surface area (Å²) < 4.78 is 0. The van der Waals surface area contributed by atoms with Crippen molar-refractivity contribution in [3.63, 3.8) is 0 Å². The molecule has 1 fully saturated rings. The molecule has 0 atom stereocenters. The van der Waals surface area contributed by atoms with E-state index < -0.39 is 0 Å². The lowest BCUT2D eigenvalue weighted by atomic mass is 10.1. The SMILES string of the molecule is Cc1ccc(N(CC(=O)N2CCCCC2)C(=O)c2cnc(-c3ccsc3)s2)cc1. The van der Waals surface area contributed by atoms with Crippen molar-refractivity contribution in [1.29, 1.82) is 0 Å². The molecule has 5 nitrogen and oxygen atoms in total. The van der Waals surface area contributed by atoms with Gasteiger partial charge in [-0.15, -0.1) is 11.3 Å². The highest BCUT2D eigenvalue weighted by Crippen LogP contribution is 2.29. The molecule has 1 aliphatic rings. The quantitative estimate of drug-likeness (QED) is 0.588. The number of hydrogen-bond acceptors (Lipinski definition) is 5. The van der Waals surface area contributed by atoms with Gasteiger partial charge in [-0.25, -0.2) is 4.98 Å². The lowest BCUT2D eigenvalue weighted by Crippen LogP contribution is -2.44. The Bertz CT molecular complexity index is 974. The maximum atomic E-state index is 13.4. The van der Waals surface area contributed by atoms with Crippen LogP contribution in [0.3, 0.4) is 0 Å². The summed E-state index contributed by atoms with van der Waals surface area (Å²) in [6, 6.07) is 9.72. The predicted molar refractivity (Wildman–Crippen MR) is 119 cm³/mol. The number of rotatable bonds is 5. The third kappa shape index (κ3) is 4.57. The molecule has 0 N–H and O–H groups in total. The number of likely N-dealkylation sites (tertiary alicyclic amines) is 1. The molecule has 1 aromatic carbocycles. The van der Waals surface area contributed by atoms with E-state index in [0.717, 1.165) is 54.2 Å². The average molecular weight is 426 g/mol. The van der Waals surface area contributed by atoms with Gasteiger partial charge in [-0.3, -0.25) is 14.5 Å². The van der Waals surface area contributed by atoms with E-state index in [1.54, 1.807) is 22.4 Å². The van der Waals surface area contributed by atoms with Gasteiger partial charge in [0.2, 0.25) is 5.91 Å². The number of nitrogens with zero attached hydrogens (tertiary/aromatic N) is 3. The lowest BCUT2D eigenvalue weighted by Gasteiger charge is -2.30. The number of anilines is 1. The first-order valence-corrected chi connectivity index (χ1v) is 11.5. The van der Waals surface area contributed by atoms with Crippen LogP contribution in [0.25, 0.3) is 10.6 Å². The number of hydrogen-bond donors (Lipinski definition) is 0. The number of thiophene rings is 1. The first-order valence-electron chi connectivity index (χ1n) is 9.76. The van der Waals surface area contributed by atoms with Crippen LogP contribution in [0.5, 0.6) is 0 Å². The fourth-order valence-corrected chi connectivity index (χ4v) is 4.99. The topological polar surface area (TPSA) is 53.5 Å². The lowest BCUT2D eigenvalue weighted by molar-refractivity contribution is -0.130. The zero-order valence-electron chi connectivity index (χ0n) is 16.3. The molecule has 0 unspecified atom stereocenters. The second-order valence-corrected chi connectivity index (χ2v) is 9.02. The van der Waals surface area contributed by atoms with Gasteiger partial charge in [-0.05, 0) is 49.8 Å². The van der Waals surface area contributed by atoms with E-state index in [2.05, 4.69) is 4.98 Å². The molecule has 0 radical (unpaired) electrons. The predicted octanol–water partition coefficient (Wildman–Crippen LogP) is 4.84. The van der Waals surface area contributed by atoms with E-state index in [1.807, 2.05) is 52.9 Å². The molecule has 3 heterocycles. The molecule has 2 aromatic heterocycles. The van der Waals surface area contributed by atoms with Crippen LogP contribution in [0.1, 0.15) is 34.5 Å². The molecule has 3 aromatic rings. The Morgan fingerprint density at radius 3 is 2.55 bits per heavy atom. The van der Waals surface area contributed by atoms with Gasteiger partial charge in [-0.1, -0.05) is 17.7 Å². The molecule has 7 heteroatoms. The maximum Gasteiger partial charge on any atom is 0.270 e. The molecule has 150 valence electrons. The van der Waals surface area contributed by atoms with Crippen molar-refractivity contribution in [2.75, 3.05) is 24.5 Å². The van der Waals surface area contributed by atoms with E-state index in [9.17, 15) is 9.59 Å². The van der Waals surface area contributed by atoms with Crippen LogP contribution in [0, 0.1) is 6.92 Å². The normalized spacial score (nSPS) is 14.0. The highest BCUT2D eigenvalue weighted by molar-refractivity contribution is 7.17. The number of thiazole rings is 1. The molecule has 0 saturated carbocycles. The number of carbonyl (C=O) groups excluding carboxylic acids is 2. The third-order valence-corrected chi connectivity index (χ3v) is 6.80. The van der Waals surface area contributed by atoms with E-state index in [-0.39, 0.29) is 18.4 Å². The average Bonchev–Trinajstić information content (AvgIpc) is 3.44. The zero-order chi connectivity index (χ0) is 20.2. The van der Waals surface area contributed by atoms with Gasteiger partial charge in [0.15, 0.2) is 0 Å². The number of benzene rings is 1. The van der Waals surface area contributed by atoms with Gasteiger partial charge < -0.3 is 4.90 Å². The number of carbonyl (C=O) groups is 2. The van der Waals surface area contributed by atoms with E-state index >= 15 is 0 Å². The summed E-state index contributed by atoms with van der Waals surface area (Å²) >= 11 is 2.97. The number of aromatic nitrogens is 1. The Kier molecular flexibility index (Phi) is 6.06.